The molecule has 0 radical (unpaired) electrons. The monoisotopic (exact) mass is 300 g/mol. The van der Waals surface area contributed by atoms with E-state index >= 15 is 0 Å². The van der Waals surface area contributed by atoms with E-state index in [1.165, 1.54) is 11.0 Å². The van der Waals surface area contributed by atoms with E-state index < -0.39 is 23.7 Å². The standard InChI is InChI=1S/C14H15F3N2O2/c1-3-10-13(21)18-7-12(20)19(10)11-6-9(14(15,16)17)5-4-8(11)2/h4-6,10H,3,7H2,1-2H3,(H,18,21). The molecule has 21 heavy (non-hydrogen) atoms. The second-order valence-corrected chi connectivity index (χ2v) is 4.90. The third-order valence-electron chi connectivity index (χ3n) is 3.48. The number of hydrogen-bond donors (Lipinski definition) is 1. The largest absolute Gasteiger partial charge is 0.416 e. The maximum absolute atomic E-state index is 12.8. The zero-order valence-corrected chi connectivity index (χ0v) is 11.6. The fourth-order valence-corrected chi connectivity index (χ4v) is 2.37. The SMILES string of the molecule is CCC1C(=O)NCC(=O)N1c1cc(C(F)(F)F)ccc1C. The van der Waals surface area contributed by atoms with E-state index in [0.29, 0.717) is 12.0 Å². The molecule has 2 rings (SSSR count). The van der Waals surface area contributed by atoms with Crippen molar-refractivity contribution in [1.82, 2.24) is 5.32 Å². The summed E-state index contributed by atoms with van der Waals surface area (Å²) in [5.74, 6) is -0.766. The highest BCUT2D eigenvalue weighted by atomic mass is 19.4. The van der Waals surface area contributed by atoms with Crippen molar-refractivity contribution in [3.8, 4) is 0 Å². The molecule has 0 aromatic heterocycles. The molecule has 1 saturated heterocycles. The lowest BCUT2D eigenvalue weighted by atomic mass is 10.0. The van der Waals surface area contributed by atoms with E-state index in [9.17, 15) is 22.8 Å². The maximum Gasteiger partial charge on any atom is 0.416 e. The predicted octanol–water partition coefficient (Wildman–Crippen LogP) is 2.26. The Labute approximate surface area is 119 Å². The molecule has 7 heteroatoms. The number of carbonyl (C=O) groups is 2. The van der Waals surface area contributed by atoms with Crippen LogP contribution in [-0.2, 0) is 15.8 Å². The number of alkyl halides is 3. The Morgan fingerprint density at radius 1 is 1.33 bits per heavy atom. The summed E-state index contributed by atoms with van der Waals surface area (Å²) >= 11 is 0. The zero-order valence-electron chi connectivity index (χ0n) is 11.6. The van der Waals surface area contributed by atoms with Crippen molar-refractivity contribution in [3.05, 3.63) is 29.3 Å². The molecule has 1 heterocycles. The van der Waals surface area contributed by atoms with Crippen LogP contribution in [0.4, 0.5) is 18.9 Å². The van der Waals surface area contributed by atoms with Gasteiger partial charge in [-0.2, -0.15) is 13.2 Å². The van der Waals surface area contributed by atoms with Gasteiger partial charge in [0.25, 0.3) is 0 Å². The minimum atomic E-state index is -4.49. The number of carbonyl (C=O) groups excluding carboxylic acids is 2. The van der Waals surface area contributed by atoms with Crippen LogP contribution in [0.15, 0.2) is 18.2 Å². The van der Waals surface area contributed by atoms with Gasteiger partial charge in [0, 0.05) is 5.69 Å². The van der Waals surface area contributed by atoms with Gasteiger partial charge in [0.1, 0.15) is 6.04 Å². The van der Waals surface area contributed by atoms with Gasteiger partial charge in [0.05, 0.1) is 12.1 Å². The van der Waals surface area contributed by atoms with E-state index in [2.05, 4.69) is 5.32 Å². The quantitative estimate of drug-likeness (QED) is 0.911. The van der Waals surface area contributed by atoms with Crippen LogP contribution in [-0.4, -0.2) is 24.4 Å². The Bertz CT molecular complexity index is 584. The second-order valence-electron chi connectivity index (χ2n) is 4.90. The Morgan fingerprint density at radius 3 is 2.57 bits per heavy atom. The van der Waals surface area contributed by atoms with E-state index in [-0.39, 0.29) is 18.1 Å². The van der Waals surface area contributed by atoms with Crippen LogP contribution in [0.2, 0.25) is 0 Å². The summed E-state index contributed by atoms with van der Waals surface area (Å²) in [6.07, 6.45) is -4.17. The van der Waals surface area contributed by atoms with Crippen molar-refractivity contribution < 1.29 is 22.8 Å². The van der Waals surface area contributed by atoms with Crippen molar-refractivity contribution in [1.29, 1.82) is 0 Å². The number of rotatable bonds is 2. The van der Waals surface area contributed by atoms with Crippen LogP contribution < -0.4 is 10.2 Å². The summed E-state index contributed by atoms with van der Waals surface area (Å²) in [7, 11) is 0. The van der Waals surface area contributed by atoms with Crippen LogP contribution >= 0.6 is 0 Å². The van der Waals surface area contributed by atoms with Crippen molar-refractivity contribution in [2.75, 3.05) is 11.4 Å². The molecule has 1 aliphatic heterocycles. The Morgan fingerprint density at radius 2 is 2.00 bits per heavy atom. The fraction of sp³-hybridized carbons (Fsp3) is 0.429. The highest BCUT2D eigenvalue weighted by Crippen LogP contribution is 2.34. The number of halogens is 3. The number of hydrogen-bond acceptors (Lipinski definition) is 2. The topological polar surface area (TPSA) is 49.4 Å². The van der Waals surface area contributed by atoms with Gasteiger partial charge in [-0.25, -0.2) is 0 Å². The molecule has 1 aromatic rings. The fourth-order valence-electron chi connectivity index (χ4n) is 2.37. The van der Waals surface area contributed by atoms with Gasteiger partial charge < -0.3 is 5.32 Å². The number of piperazine rings is 1. The van der Waals surface area contributed by atoms with Gasteiger partial charge in [0.15, 0.2) is 0 Å². The van der Waals surface area contributed by atoms with E-state index in [1.807, 2.05) is 0 Å². The van der Waals surface area contributed by atoms with Crippen LogP contribution in [0.25, 0.3) is 0 Å². The molecule has 0 bridgehead atoms. The zero-order chi connectivity index (χ0) is 15.8. The second kappa shape index (κ2) is 5.38. The molecule has 1 aromatic carbocycles. The van der Waals surface area contributed by atoms with Crippen LogP contribution in [0.5, 0.6) is 0 Å². The van der Waals surface area contributed by atoms with Crippen molar-refractivity contribution >= 4 is 17.5 Å². The van der Waals surface area contributed by atoms with Gasteiger partial charge in [-0.15, -0.1) is 0 Å². The molecule has 2 amide bonds. The molecular formula is C14H15F3N2O2. The first-order valence-electron chi connectivity index (χ1n) is 6.53. The van der Waals surface area contributed by atoms with Crippen molar-refractivity contribution in [2.24, 2.45) is 0 Å². The van der Waals surface area contributed by atoms with E-state index in [4.69, 9.17) is 0 Å². The minimum absolute atomic E-state index is 0.136. The lowest BCUT2D eigenvalue weighted by molar-refractivity contribution is -0.137. The molecule has 114 valence electrons. The Balaban J connectivity index is 2.52. The molecular weight excluding hydrogens is 285 g/mol. The molecule has 1 aliphatic rings. The summed E-state index contributed by atoms with van der Waals surface area (Å²) in [6, 6.07) is 2.42. The molecule has 1 N–H and O–H groups in total. The van der Waals surface area contributed by atoms with Crippen LogP contribution in [0.1, 0.15) is 24.5 Å². The molecule has 1 unspecified atom stereocenters. The summed E-state index contributed by atoms with van der Waals surface area (Å²) < 4.78 is 38.5. The number of anilines is 1. The summed E-state index contributed by atoms with van der Waals surface area (Å²) in [5, 5.41) is 2.44. The lowest BCUT2D eigenvalue weighted by Gasteiger charge is -2.35. The van der Waals surface area contributed by atoms with Gasteiger partial charge in [-0.1, -0.05) is 13.0 Å². The van der Waals surface area contributed by atoms with Gasteiger partial charge >= 0.3 is 6.18 Å². The van der Waals surface area contributed by atoms with E-state index in [0.717, 1.165) is 12.1 Å². The molecule has 1 fully saturated rings. The summed E-state index contributed by atoms with van der Waals surface area (Å²) in [5.41, 5.74) is -0.183. The van der Waals surface area contributed by atoms with Crippen molar-refractivity contribution in [2.45, 2.75) is 32.5 Å². The van der Waals surface area contributed by atoms with Gasteiger partial charge in [0.2, 0.25) is 11.8 Å². The first-order chi connectivity index (χ1) is 9.75. The number of benzene rings is 1. The van der Waals surface area contributed by atoms with Gasteiger partial charge in [-0.05, 0) is 31.0 Å². The molecule has 0 aliphatic carbocycles. The van der Waals surface area contributed by atoms with Crippen LogP contribution in [0, 0.1) is 6.92 Å². The first kappa shape index (κ1) is 15.3. The molecule has 0 spiro atoms. The Kier molecular flexibility index (Phi) is 3.93. The molecule has 1 atom stereocenters. The van der Waals surface area contributed by atoms with E-state index in [1.54, 1.807) is 13.8 Å². The number of amides is 2. The number of nitrogens with zero attached hydrogens (tertiary/aromatic N) is 1. The van der Waals surface area contributed by atoms with Crippen LogP contribution in [0.3, 0.4) is 0 Å². The lowest BCUT2D eigenvalue weighted by Crippen LogP contribution is -2.58. The van der Waals surface area contributed by atoms with Gasteiger partial charge in [-0.3, -0.25) is 14.5 Å². The summed E-state index contributed by atoms with van der Waals surface area (Å²) in [6.45, 7) is 3.12. The highest BCUT2D eigenvalue weighted by Gasteiger charge is 2.37. The normalized spacial score (nSPS) is 19.7. The smallest absolute Gasteiger partial charge is 0.345 e. The highest BCUT2D eigenvalue weighted by molar-refractivity contribution is 6.06. The Hall–Kier alpha value is -2.05. The number of nitrogens with one attached hydrogen (secondary N) is 1. The average Bonchev–Trinajstić information content (AvgIpc) is 2.40. The molecule has 4 nitrogen and oxygen atoms in total. The third kappa shape index (κ3) is 2.86. The minimum Gasteiger partial charge on any atom is -0.345 e. The third-order valence-corrected chi connectivity index (χ3v) is 3.48. The average molecular weight is 300 g/mol. The predicted molar refractivity (Wildman–Crippen MR) is 70.8 cm³/mol. The maximum atomic E-state index is 12.8. The molecule has 0 saturated carbocycles. The number of aryl methyl sites for hydroxylation is 1. The first-order valence-corrected chi connectivity index (χ1v) is 6.53. The van der Waals surface area contributed by atoms with Crippen molar-refractivity contribution in [3.63, 3.8) is 0 Å². The summed E-state index contributed by atoms with van der Waals surface area (Å²) in [4.78, 5) is 25.0.